The largest absolute Gasteiger partial charge is 0.368 e. The molecule has 0 spiro atoms. The first kappa shape index (κ1) is 21.0. The maximum absolute atomic E-state index is 13.1. The van der Waals surface area contributed by atoms with Crippen LogP contribution in [0.15, 0.2) is 49.1 Å². The number of nitrogens with zero attached hydrogens (tertiary/aromatic N) is 6. The van der Waals surface area contributed by atoms with Crippen molar-refractivity contribution in [3.8, 4) is 0 Å². The molecule has 1 amide bonds. The van der Waals surface area contributed by atoms with Crippen LogP contribution >= 0.6 is 0 Å². The number of anilines is 1. The molecule has 2 aliphatic heterocycles. The highest BCUT2D eigenvalue weighted by Gasteiger charge is 2.27. The van der Waals surface area contributed by atoms with E-state index in [-0.39, 0.29) is 11.8 Å². The molecule has 4 aromatic rings. The van der Waals surface area contributed by atoms with Crippen LogP contribution in [0.5, 0.6) is 0 Å². The molecule has 0 unspecified atom stereocenters. The number of fused-ring (bicyclic) bond motifs is 2. The van der Waals surface area contributed by atoms with Gasteiger partial charge in [0.1, 0.15) is 11.8 Å². The van der Waals surface area contributed by atoms with Crippen LogP contribution in [-0.4, -0.2) is 82.0 Å². The van der Waals surface area contributed by atoms with Gasteiger partial charge in [-0.3, -0.25) is 9.78 Å². The van der Waals surface area contributed by atoms with E-state index in [1.165, 1.54) is 0 Å². The number of amides is 1. The lowest BCUT2D eigenvalue weighted by Crippen LogP contribution is -2.44. The van der Waals surface area contributed by atoms with Gasteiger partial charge in [-0.05, 0) is 49.5 Å². The maximum Gasteiger partial charge on any atom is 0.253 e. The van der Waals surface area contributed by atoms with Crippen molar-refractivity contribution >= 4 is 33.5 Å². The summed E-state index contributed by atoms with van der Waals surface area (Å²) in [7, 11) is 2.16. The SMILES string of the molecule is CN1CCN(c2cnc3c(C4CCN(C(=O)c5ccc6cc[nH]c6c5)CC4)ncnc3c2)CC1. The van der Waals surface area contributed by atoms with Crippen molar-refractivity contribution in [2.45, 2.75) is 18.8 Å². The van der Waals surface area contributed by atoms with Gasteiger partial charge in [-0.1, -0.05) is 6.07 Å². The molecule has 0 saturated carbocycles. The number of piperidine rings is 1. The molecule has 6 rings (SSSR count). The Morgan fingerprint density at radius 2 is 1.79 bits per heavy atom. The number of rotatable bonds is 3. The third-order valence-corrected chi connectivity index (χ3v) is 7.33. The van der Waals surface area contributed by atoms with Crippen molar-refractivity contribution in [3.63, 3.8) is 0 Å². The van der Waals surface area contributed by atoms with E-state index in [4.69, 9.17) is 4.98 Å². The van der Waals surface area contributed by atoms with Gasteiger partial charge in [0, 0.05) is 62.5 Å². The number of piperazine rings is 1. The fourth-order valence-electron chi connectivity index (χ4n) is 5.21. The Hall–Kier alpha value is -3.52. The molecule has 5 heterocycles. The van der Waals surface area contributed by atoms with Crippen LogP contribution in [0.2, 0.25) is 0 Å². The molecule has 1 N–H and O–H groups in total. The normalized spacial score (nSPS) is 18.1. The summed E-state index contributed by atoms with van der Waals surface area (Å²) in [5, 5.41) is 1.12. The number of carbonyl (C=O) groups excluding carboxylic acids is 1. The zero-order chi connectivity index (χ0) is 23.1. The minimum atomic E-state index is 0.0949. The van der Waals surface area contributed by atoms with E-state index in [9.17, 15) is 4.79 Å². The molecule has 8 nitrogen and oxygen atoms in total. The van der Waals surface area contributed by atoms with Gasteiger partial charge in [0.05, 0.1) is 23.1 Å². The smallest absolute Gasteiger partial charge is 0.253 e. The van der Waals surface area contributed by atoms with E-state index in [2.05, 4.69) is 37.9 Å². The number of H-pyrrole nitrogens is 1. The van der Waals surface area contributed by atoms with Gasteiger partial charge >= 0.3 is 0 Å². The van der Waals surface area contributed by atoms with Crippen LogP contribution in [0.25, 0.3) is 21.9 Å². The Balaban J connectivity index is 1.17. The summed E-state index contributed by atoms with van der Waals surface area (Å²) in [6, 6.07) is 10.0. The Bertz CT molecular complexity index is 1330. The average molecular weight is 456 g/mol. The highest BCUT2D eigenvalue weighted by molar-refractivity contribution is 5.98. The summed E-state index contributed by atoms with van der Waals surface area (Å²) < 4.78 is 0. The minimum Gasteiger partial charge on any atom is -0.368 e. The van der Waals surface area contributed by atoms with Crippen molar-refractivity contribution in [2.75, 3.05) is 51.2 Å². The van der Waals surface area contributed by atoms with Gasteiger partial charge in [0.2, 0.25) is 0 Å². The van der Waals surface area contributed by atoms with Gasteiger partial charge in [0.25, 0.3) is 5.91 Å². The van der Waals surface area contributed by atoms with Crippen molar-refractivity contribution in [3.05, 3.63) is 60.3 Å². The molecule has 34 heavy (non-hydrogen) atoms. The Morgan fingerprint density at radius 1 is 0.971 bits per heavy atom. The molecule has 1 aromatic carbocycles. The molecule has 2 aliphatic rings. The number of hydrogen-bond donors (Lipinski definition) is 1. The summed E-state index contributed by atoms with van der Waals surface area (Å²) in [6.07, 6.45) is 7.29. The van der Waals surface area contributed by atoms with Crippen LogP contribution in [0.3, 0.4) is 0 Å². The summed E-state index contributed by atoms with van der Waals surface area (Å²) >= 11 is 0. The van der Waals surface area contributed by atoms with Crippen LogP contribution in [0, 0.1) is 0 Å². The highest BCUT2D eigenvalue weighted by Crippen LogP contribution is 2.32. The number of aromatic nitrogens is 4. The Morgan fingerprint density at radius 3 is 2.62 bits per heavy atom. The standard InChI is InChI=1S/C26H29N7O/c1-31-10-12-32(13-11-31)21-15-23-25(28-16-21)24(30-17-29-23)19-5-8-33(9-6-19)26(34)20-3-2-18-4-7-27-22(18)14-20/h2-4,7,14-17,19,27H,5-6,8-13H2,1H3. The van der Waals surface area contributed by atoms with Crippen molar-refractivity contribution < 1.29 is 4.79 Å². The molecule has 0 radical (unpaired) electrons. The molecule has 8 heteroatoms. The second-order valence-electron chi connectivity index (χ2n) is 9.46. The van der Waals surface area contributed by atoms with Crippen molar-refractivity contribution in [1.29, 1.82) is 0 Å². The number of benzene rings is 1. The second-order valence-corrected chi connectivity index (χ2v) is 9.46. The number of likely N-dealkylation sites (tertiary alicyclic amines) is 1. The summed E-state index contributed by atoms with van der Waals surface area (Å²) in [5.74, 6) is 0.375. The second kappa shape index (κ2) is 8.68. The topological polar surface area (TPSA) is 81.2 Å². The first-order valence-corrected chi connectivity index (χ1v) is 12.1. The molecule has 2 saturated heterocycles. The Kier molecular flexibility index (Phi) is 5.37. The van der Waals surface area contributed by atoms with Gasteiger partial charge in [0.15, 0.2) is 0 Å². The molecule has 2 fully saturated rings. The van der Waals surface area contributed by atoms with Gasteiger partial charge in [-0.15, -0.1) is 0 Å². The van der Waals surface area contributed by atoms with Crippen LogP contribution in [-0.2, 0) is 0 Å². The molecular weight excluding hydrogens is 426 g/mol. The van der Waals surface area contributed by atoms with E-state index in [1.54, 1.807) is 6.33 Å². The summed E-state index contributed by atoms with van der Waals surface area (Å²) in [4.78, 5) is 37.0. The fraction of sp³-hybridized carbons (Fsp3) is 0.385. The molecule has 174 valence electrons. The van der Waals surface area contributed by atoms with Gasteiger partial charge < -0.3 is 19.7 Å². The van der Waals surface area contributed by atoms with Crippen LogP contribution in [0.4, 0.5) is 5.69 Å². The number of likely N-dealkylation sites (N-methyl/N-ethyl adjacent to an activating group) is 1. The number of aromatic amines is 1. The van der Waals surface area contributed by atoms with Crippen LogP contribution in [0.1, 0.15) is 34.8 Å². The quantitative estimate of drug-likeness (QED) is 0.511. The van der Waals surface area contributed by atoms with E-state index < -0.39 is 0 Å². The highest BCUT2D eigenvalue weighted by atomic mass is 16.2. The summed E-state index contributed by atoms with van der Waals surface area (Å²) in [6.45, 7) is 5.57. The van der Waals surface area contributed by atoms with E-state index in [0.717, 1.165) is 91.0 Å². The molecule has 0 atom stereocenters. The third-order valence-electron chi connectivity index (χ3n) is 7.33. The lowest BCUT2D eigenvalue weighted by Gasteiger charge is -2.34. The number of carbonyl (C=O) groups is 1. The third kappa shape index (κ3) is 3.88. The van der Waals surface area contributed by atoms with Crippen molar-refractivity contribution in [2.24, 2.45) is 0 Å². The molecule has 3 aromatic heterocycles. The first-order valence-electron chi connectivity index (χ1n) is 12.1. The minimum absolute atomic E-state index is 0.0949. The number of nitrogens with one attached hydrogen (secondary N) is 1. The predicted octanol–water partition coefficient (Wildman–Crippen LogP) is 3.28. The molecular formula is C26H29N7O. The zero-order valence-corrected chi connectivity index (χ0v) is 19.4. The molecule has 0 aliphatic carbocycles. The maximum atomic E-state index is 13.1. The number of pyridine rings is 1. The molecule has 0 bridgehead atoms. The summed E-state index contributed by atoms with van der Waals surface area (Å²) in [5.41, 5.74) is 5.66. The monoisotopic (exact) mass is 455 g/mol. The lowest BCUT2D eigenvalue weighted by atomic mass is 9.92. The van der Waals surface area contributed by atoms with Crippen molar-refractivity contribution in [1.82, 2.24) is 29.7 Å². The van der Waals surface area contributed by atoms with Crippen LogP contribution < -0.4 is 4.90 Å². The first-order chi connectivity index (χ1) is 16.7. The van der Waals surface area contributed by atoms with E-state index in [1.807, 2.05) is 41.6 Å². The Labute approximate surface area is 198 Å². The van der Waals surface area contributed by atoms with Gasteiger partial charge in [-0.25, -0.2) is 9.97 Å². The van der Waals surface area contributed by atoms with E-state index in [0.29, 0.717) is 0 Å². The lowest BCUT2D eigenvalue weighted by molar-refractivity contribution is 0.0712. The number of hydrogen-bond acceptors (Lipinski definition) is 6. The predicted molar refractivity (Wildman–Crippen MR) is 133 cm³/mol. The zero-order valence-electron chi connectivity index (χ0n) is 19.4. The van der Waals surface area contributed by atoms with Gasteiger partial charge in [-0.2, -0.15) is 0 Å². The van der Waals surface area contributed by atoms with E-state index >= 15 is 0 Å². The fourth-order valence-corrected chi connectivity index (χ4v) is 5.21. The average Bonchev–Trinajstić information content (AvgIpc) is 3.36.